The van der Waals surface area contributed by atoms with Gasteiger partial charge in [-0.15, -0.1) is 0 Å². The largest absolute Gasteiger partial charge is 0.382 e. The van der Waals surface area contributed by atoms with Crippen molar-refractivity contribution >= 4 is 17.4 Å². The highest BCUT2D eigenvalue weighted by Gasteiger charge is 2.25. The number of hydrogen-bond acceptors (Lipinski definition) is 7. The highest BCUT2D eigenvalue weighted by atomic mass is 19.1. The standard InChI is InChI=1S/C27H30F2N6O2/c1-15-13-35(8-9-37-15)21-5-4-17(11-19(21)14-34(2)3)23-25(29)33-26(30)24(32-23)18-10-16-6-7-31-27(36)22(16)20(28)12-18/h4-5,10-12,15H,6-9,13-14H2,1-3H3,(H2,30,33)(H,31,36). The summed E-state index contributed by atoms with van der Waals surface area (Å²) in [7, 11) is 3.95. The van der Waals surface area contributed by atoms with Gasteiger partial charge < -0.3 is 25.6 Å². The zero-order valence-electron chi connectivity index (χ0n) is 21.1. The van der Waals surface area contributed by atoms with Crippen molar-refractivity contribution in [2.24, 2.45) is 0 Å². The molecule has 3 N–H and O–H groups in total. The summed E-state index contributed by atoms with van der Waals surface area (Å²) >= 11 is 0. The summed E-state index contributed by atoms with van der Waals surface area (Å²) in [4.78, 5) is 24.9. The number of rotatable bonds is 5. The number of morpholine rings is 1. The smallest absolute Gasteiger partial charge is 0.254 e. The third kappa shape index (κ3) is 4.99. The van der Waals surface area contributed by atoms with Crippen LogP contribution < -0.4 is 16.0 Å². The Balaban J connectivity index is 1.58. The fourth-order valence-corrected chi connectivity index (χ4v) is 5.02. The van der Waals surface area contributed by atoms with E-state index >= 15 is 4.39 Å². The van der Waals surface area contributed by atoms with Gasteiger partial charge in [0.1, 0.15) is 17.2 Å². The molecule has 0 bridgehead atoms. The minimum atomic E-state index is -0.803. The van der Waals surface area contributed by atoms with Crippen molar-refractivity contribution in [2.45, 2.75) is 26.0 Å². The molecule has 1 atom stereocenters. The van der Waals surface area contributed by atoms with Gasteiger partial charge in [-0.05, 0) is 62.8 Å². The molecule has 2 aliphatic heterocycles. The van der Waals surface area contributed by atoms with Crippen molar-refractivity contribution in [3.63, 3.8) is 0 Å². The molecule has 10 heteroatoms. The molecule has 1 aromatic heterocycles. The van der Waals surface area contributed by atoms with Crippen LogP contribution in [0.2, 0.25) is 0 Å². The fraction of sp³-hybridized carbons (Fsp3) is 0.370. The first kappa shape index (κ1) is 25.0. The lowest BCUT2D eigenvalue weighted by atomic mass is 9.95. The van der Waals surface area contributed by atoms with Crippen LogP contribution >= 0.6 is 0 Å². The summed E-state index contributed by atoms with van der Waals surface area (Å²) in [5.74, 6) is -2.07. The molecular formula is C27H30F2N6O2. The monoisotopic (exact) mass is 508 g/mol. The molecule has 0 radical (unpaired) electrons. The molecule has 2 aliphatic rings. The number of nitrogens with zero attached hydrogens (tertiary/aromatic N) is 4. The van der Waals surface area contributed by atoms with Crippen molar-refractivity contribution in [3.8, 4) is 22.5 Å². The second kappa shape index (κ2) is 10.0. The van der Waals surface area contributed by atoms with Crippen LogP contribution in [0.4, 0.5) is 20.3 Å². The highest BCUT2D eigenvalue weighted by molar-refractivity contribution is 5.97. The Morgan fingerprint density at radius 1 is 1.16 bits per heavy atom. The van der Waals surface area contributed by atoms with Crippen molar-refractivity contribution in [1.29, 1.82) is 0 Å². The maximum Gasteiger partial charge on any atom is 0.254 e. The topological polar surface area (TPSA) is 96.6 Å². The van der Waals surface area contributed by atoms with Crippen LogP contribution in [0.3, 0.4) is 0 Å². The molecule has 8 nitrogen and oxygen atoms in total. The van der Waals surface area contributed by atoms with Gasteiger partial charge in [-0.25, -0.2) is 9.37 Å². The maximum atomic E-state index is 15.1. The quantitative estimate of drug-likeness (QED) is 0.546. The number of benzene rings is 2. The first-order valence-electron chi connectivity index (χ1n) is 12.3. The van der Waals surface area contributed by atoms with E-state index < -0.39 is 17.7 Å². The van der Waals surface area contributed by atoms with Gasteiger partial charge in [0.2, 0.25) is 5.95 Å². The van der Waals surface area contributed by atoms with Gasteiger partial charge >= 0.3 is 0 Å². The summed E-state index contributed by atoms with van der Waals surface area (Å²) < 4.78 is 35.7. The van der Waals surface area contributed by atoms with E-state index in [9.17, 15) is 9.18 Å². The lowest BCUT2D eigenvalue weighted by molar-refractivity contribution is 0.0531. The lowest BCUT2D eigenvalue weighted by Gasteiger charge is -2.34. The van der Waals surface area contributed by atoms with E-state index in [4.69, 9.17) is 10.5 Å². The van der Waals surface area contributed by atoms with Crippen LogP contribution in [0.1, 0.15) is 28.4 Å². The Kier molecular flexibility index (Phi) is 6.78. The predicted molar refractivity (Wildman–Crippen MR) is 138 cm³/mol. The van der Waals surface area contributed by atoms with Gasteiger partial charge in [0.05, 0.1) is 18.3 Å². The molecule has 1 amide bonds. The molecule has 3 heterocycles. The van der Waals surface area contributed by atoms with Gasteiger partial charge in [-0.2, -0.15) is 9.37 Å². The Morgan fingerprint density at radius 2 is 1.97 bits per heavy atom. The molecule has 37 heavy (non-hydrogen) atoms. The van der Waals surface area contributed by atoms with E-state index in [0.29, 0.717) is 42.8 Å². The number of anilines is 2. The second-order valence-corrected chi connectivity index (χ2v) is 9.80. The number of amides is 1. The Labute approximate surface area is 214 Å². The number of halogens is 2. The first-order valence-corrected chi connectivity index (χ1v) is 12.3. The molecule has 1 saturated heterocycles. The minimum absolute atomic E-state index is 0.0187. The number of fused-ring (bicyclic) bond motifs is 1. The number of nitrogens with one attached hydrogen (secondary N) is 1. The van der Waals surface area contributed by atoms with E-state index in [1.165, 1.54) is 6.07 Å². The summed E-state index contributed by atoms with van der Waals surface area (Å²) in [6.07, 6.45) is 0.592. The number of carbonyl (C=O) groups is 1. The third-order valence-corrected chi connectivity index (χ3v) is 6.65. The van der Waals surface area contributed by atoms with Gasteiger partial charge in [-0.1, -0.05) is 6.07 Å². The number of nitrogen functional groups attached to an aromatic ring is 1. The molecule has 0 spiro atoms. The molecule has 0 aliphatic carbocycles. The third-order valence-electron chi connectivity index (χ3n) is 6.65. The first-order chi connectivity index (χ1) is 17.7. The van der Waals surface area contributed by atoms with E-state index in [1.54, 1.807) is 6.07 Å². The Hall–Kier alpha value is -3.63. The predicted octanol–water partition coefficient (Wildman–Crippen LogP) is 3.24. The Morgan fingerprint density at radius 3 is 2.73 bits per heavy atom. The molecule has 5 rings (SSSR count). The number of ether oxygens (including phenoxy) is 1. The van der Waals surface area contributed by atoms with Crippen molar-refractivity contribution in [2.75, 3.05) is 51.0 Å². The van der Waals surface area contributed by atoms with E-state index in [2.05, 4.69) is 25.1 Å². The van der Waals surface area contributed by atoms with E-state index in [1.807, 2.05) is 39.2 Å². The molecule has 2 aromatic carbocycles. The van der Waals surface area contributed by atoms with Gasteiger partial charge in [0.15, 0.2) is 5.82 Å². The summed E-state index contributed by atoms with van der Waals surface area (Å²) in [5, 5.41) is 2.64. The van der Waals surface area contributed by atoms with Crippen LogP contribution in [0.15, 0.2) is 30.3 Å². The number of nitrogens with two attached hydrogens (primary N) is 1. The zero-order chi connectivity index (χ0) is 26.3. The number of hydrogen-bond donors (Lipinski definition) is 2. The van der Waals surface area contributed by atoms with E-state index in [-0.39, 0.29) is 28.9 Å². The summed E-state index contributed by atoms with van der Waals surface area (Å²) in [6, 6.07) is 8.59. The second-order valence-electron chi connectivity index (χ2n) is 9.80. The van der Waals surface area contributed by atoms with Crippen LogP contribution in [0.25, 0.3) is 22.5 Å². The molecule has 1 unspecified atom stereocenters. The number of carbonyl (C=O) groups excluding carboxylic acids is 1. The van der Waals surface area contributed by atoms with Crippen LogP contribution in [0.5, 0.6) is 0 Å². The van der Waals surface area contributed by atoms with Gasteiger partial charge in [0.25, 0.3) is 5.91 Å². The fourth-order valence-electron chi connectivity index (χ4n) is 5.02. The SMILES string of the molecule is CC1CN(c2ccc(-c3nc(-c4cc(F)c5c(c4)CCNC5=O)c(N)nc3F)cc2CN(C)C)CCO1. The van der Waals surface area contributed by atoms with Crippen molar-refractivity contribution in [3.05, 3.63) is 58.8 Å². The molecule has 0 saturated carbocycles. The maximum absolute atomic E-state index is 15.1. The summed E-state index contributed by atoms with van der Waals surface area (Å²) in [5.41, 5.74) is 9.80. The molecular weight excluding hydrogens is 478 g/mol. The zero-order valence-corrected chi connectivity index (χ0v) is 21.1. The van der Waals surface area contributed by atoms with Gasteiger partial charge in [-0.3, -0.25) is 4.79 Å². The molecule has 3 aromatic rings. The normalized spacial score (nSPS) is 17.6. The lowest BCUT2D eigenvalue weighted by Crippen LogP contribution is -2.41. The van der Waals surface area contributed by atoms with Crippen LogP contribution in [-0.2, 0) is 17.7 Å². The minimum Gasteiger partial charge on any atom is -0.382 e. The van der Waals surface area contributed by atoms with Gasteiger partial charge in [0, 0.05) is 43.0 Å². The number of aromatic nitrogens is 2. The van der Waals surface area contributed by atoms with Crippen molar-refractivity contribution < 1.29 is 18.3 Å². The van der Waals surface area contributed by atoms with Crippen molar-refractivity contribution in [1.82, 2.24) is 20.2 Å². The average molecular weight is 509 g/mol. The summed E-state index contributed by atoms with van der Waals surface area (Å²) in [6.45, 7) is 5.28. The average Bonchev–Trinajstić information content (AvgIpc) is 2.83. The molecule has 194 valence electrons. The van der Waals surface area contributed by atoms with Crippen LogP contribution in [-0.4, -0.2) is 67.2 Å². The van der Waals surface area contributed by atoms with E-state index in [0.717, 1.165) is 24.3 Å². The Bertz CT molecular complexity index is 1360. The molecule has 1 fully saturated rings. The highest BCUT2D eigenvalue weighted by Crippen LogP contribution is 2.34. The van der Waals surface area contributed by atoms with Crippen LogP contribution in [0, 0.1) is 11.8 Å².